The number of furan rings is 1. The van der Waals surface area contributed by atoms with Crippen LogP contribution in [-0.2, 0) is 10.0 Å². The summed E-state index contributed by atoms with van der Waals surface area (Å²) in [7, 11) is -3.54. The zero-order valence-electron chi connectivity index (χ0n) is 11.6. The van der Waals surface area contributed by atoms with Crippen LogP contribution in [0.3, 0.4) is 0 Å². The van der Waals surface area contributed by atoms with E-state index in [1.165, 1.54) is 28.2 Å². The lowest BCUT2D eigenvalue weighted by Crippen LogP contribution is -2.35. The molecule has 0 unspecified atom stereocenters. The van der Waals surface area contributed by atoms with E-state index in [1.54, 1.807) is 6.07 Å². The Labute approximate surface area is 127 Å². The van der Waals surface area contributed by atoms with Gasteiger partial charge in [0.2, 0.25) is 10.2 Å². The van der Waals surface area contributed by atoms with Gasteiger partial charge in [0, 0.05) is 37.7 Å². The molecule has 1 aliphatic rings. The highest BCUT2D eigenvalue weighted by Crippen LogP contribution is 2.22. The number of hydrogen-bond acceptors (Lipinski definition) is 7. The van der Waals surface area contributed by atoms with Crippen molar-refractivity contribution in [1.82, 2.24) is 13.7 Å². The Morgan fingerprint density at radius 3 is 2.81 bits per heavy atom. The number of aryl methyl sites for hydroxylation is 1. The Balaban J connectivity index is 1.74. The van der Waals surface area contributed by atoms with E-state index in [2.05, 4.69) is 14.3 Å². The molecule has 114 valence electrons. The summed E-state index contributed by atoms with van der Waals surface area (Å²) >= 11 is 1.35. The molecule has 0 amide bonds. The quantitative estimate of drug-likeness (QED) is 0.846. The minimum absolute atomic E-state index is 0.00251. The zero-order valence-corrected chi connectivity index (χ0v) is 13.2. The Kier molecular flexibility index (Phi) is 3.96. The summed E-state index contributed by atoms with van der Waals surface area (Å²) in [5.41, 5.74) is 0. The van der Waals surface area contributed by atoms with Crippen LogP contribution >= 0.6 is 11.5 Å². The highest BCUT2D eigenvalue weighted by Gasteiger charge is 2.29. The molecular weight excluding hydrogens is 312 g/mol. The molecule has 0 aliphatic carbocycles. The van der Waals surface area contributed by atoms with Crippen LogP contribution in [0.4, 0.5) is 5.13 Å². The summed E-state index contributed by atoms with van der Waals surface area (Å²) in [6.45, 7) is 4.14. The van der Waals surface area contributed by atoms with Crippen molar-refractivity contribution < 1.29 is 12.8 Å². The lowest BCUT2D eigenvalue weighted by molar-refractivity contribution is 0.391. The third-order valence-electron chi connectivity index (χ3n) is 3.33. The van der Waals surface area contributed by atoms with Gasteiger partial charge in [0.25, 0.3) is 10.0 Å². The maximum atomic E-state index is 12.4. The smallest absolute Gasteiger partial charge is 0.276 e. The number of aromatic nitrogens is 2. The van der Waals surface area contributed by atoms with Crippen LogP contribution in [0.1, 0.15) is 12.2 Å². The molecular formula is C12H16N4O3S2. The first-order chi connectivity index (χ1) is 10.1. The SMILES string of the molecule is Cc1nsc(N2CCCN(S(=O)(=O)c3ccco3)CC2)n1. The molecule has 0 saturated carbocycles. The standard InChI is InChI=1S/C12H16N4O3S2/c1-10-13-12(20-14-10)15-5-3-6-16(8-7-15)21(17,18)11-4-2-9-19-11/h2,4,9H,3,5-8H2,1H3. The summed E-state index contributed by atoms with van der Waals surface area (Å²) in [4.78, 5) is 6.45. The Bertz CT molecular complexity index is 696. The van der Waals surface area contributed by atoms with Crippen LogP contribution < -0.4 is 4.90 Å². The predicted molar refractivity (Wildman–Crippen MR) is 78.9 cm³/mol. The molecule has 21 heavy (non-hydrogen) atoms. The fourth-order valence-electron chi connectivity index (χ4n) is 2.28. The lowest BCUT2D eigenvalue weighted by atomic mass is 10.4. The van der Waals surface area contributed by atoms with E-state index in [4.69, 9.17) is 4.42 Å². The molecule has 0 atom stereocenters. The maximum Gasteiger partial charge on any atom is 0.276 e. The van der Waals surface area contributed by atoms with E-state index in [9.17, 15) is 8.42 Å². The van der Waals surface area contributed by atoms with Gasteiger partial charge in [-0.15, -0.1) is 0 Å². The van der Waals surface area contributed by atoms with Crippen LogP contribution in [0, 0.1) is 6.92 Å². The van der Waals surface area contributed by atoms with Gasteiger partial charge in [-0.3, -0.25) is 0 Å². The van der Waals surface area contributed by atoms with Crippen LogP contribution in [0.25, 0.3) is 0 Å². The first kappa shape index (κ1) is 14.5. The topological polar surface area (TPSA) is 79.5 Å². The molecule has 0 spiro atoms. The van der Waals surface area contributed by atoms with Gasteiger partial charge in [-0.05, 0) is 25.5 Å². The molecule has 1 saturated heterocycles. The normalized spacial score (nSPS) is 17.9. The summed E-state index contributed by atoms with van der Waals surface area (Å²) in [5.74, 6) is 0.749. The Morgan fingerprint density at radius 2 is 2.14 bits per heavy atom. The van der Waals surface area contributed by atoms with E-state index < -0.39 is 10.0 Å². The van der Waals surface area contributed by atoms with Crippen molar-refractivity contribution in [3.05, 3.63) is 24.2 Å². The second kappa shape index (κ2) is 5.74. The van der Waals surface area contributed by atoms with Crippen molar-refractivity contribution in [3.63, 3.8) is 0 Å². The molecule has 2 aromatic heterocycles. The third kappa shape index (κ3) is 2.94. The van der Waals surface area contributed by atoms with E-state index in [-0.39, 0.29) is 5.09 Å². The van der Waals surface area contributed by atoms with Gasteiger partial charge >= 0.3 is 0 Å². The third-order valence-corrected chi connectivity index (χ3v) is 5.99. The Hall–Kier alpha value is -1.45. The van der Waals surface area contributed by atoms with E-state index in [0.717, 1.165) is 23.9 Å². The lowest BCUT2D eigenvalue weighted by Gasteiger charge is -2.20. The predicted octanol–water partition coefficient (Wildman–Crippen LogP) is 1.34. The molecule has 3 heterocycles. The molecule has 3 rings (SSSR count). The van der Waals surface area contributed by atoms with Crippen molar-refractivity contribution in [2.75, 3.05) is 31.1 Å². The summed E-state index contributed by atoms with van der Waals surface area (Å²) in [5, 5.41) is 0.854. The fraction of sp³-hybridized carbons (Fsp3) is 0.500. The van der Waals surface area contributed by atoms with E-state index in [0.29, 0.717) is 19.6 Å². The molecule has 0 N–H and O–H groups in total. The summed E-state index contributed by atoms with van der Waals surface area (Å²) in [6.07, 6.45) is 2.12. The molecule has 9 heteroatoms. The van der Waals surface area contributed by atoms with Gasteiger partial charge in [-0.2, -0.15) is 8.68 Å². The number of sulfonamides is 1. The number of hydrogen-bond donors (Lipinski definition) is 0. The van der Waals surface area contributed by atoms with Crippen molar-refractivity contribution in [2.24, 2.45) is 0 Å². The molecule has 0 bridgehead atoms. The van der Waals surface area contributed by atoms with Crippen molar-refractivity contribution in [1.29, 1.82) is 0 Å². The van der Waals surface area contributed by atoms with Crippen molar-refractivity contribution in [2.45, 2.75) is 18.4 Å². The second-order valence-corrected chi connectivity index (χ2v) is 7.40. The zero-order chi connectivity index (χ0) is 14.9. The molecule has 7 nitrogen and oxygen atoms in total. The van der Waals surface area contributed by atoms with Crippen LogP contribution in [0.5, 0.6) is 0 Å². The van der Waals surface area contributed by atoms with Gasteiger partial charge in [-0.1, -0.05) is 0 Å². The van der Waals surface area contributed by atoms with Gasteiger partial charge < -0.3 is 9.32 Å². The number of anilines is 1. The van der Waals surface area contributed by atoms with Gasteiger partial charge in [0.05, 0.1) is 6.26 Å². The summed E-state index contributed by atoms with van der Waals surface area (Å²) in [6, 6.07) is 3.06. The Morgan fingerprint density at radius 1 is 1.29 bits per heavy atom. The largest absolute Gasteiger partial charge is 0.452 e. The number of rotatable bonds is 3. The minimum atomic E-state index is -3.54. The van der Waals surface area contributed by atoms with Crippen molar-refractivity contribution in [3.8, 4) is 0 Å². The van der Waals surface area contributed by atoms with Crippen LogP contribution in [0.15, 0.2) is 27.9 Å². The van der Waals surface area contributed by atoms with Gasteiger partial charge in [0.15, 0.2) is 0 Å². The first-order valence-electron chi connectivity index (χ1n) is 6.66. The highest BCUT2D eigenvalue weighted by molar-refractivity contribution is 7.89. The maximum absolute atomic E-state index is 12.4. The number of nitrogens with zero attached hydrogens (tertiary/aromatic N) is 4. The monoisotopic (exact) mass is 328 g/mol. The molecule has 1 aliphatic heterocycles. The fourth-order valence-corrected chi connectivity index (χ4v) is 4.38. The average Bonchev–Trinajstić information content (AvgIpc) is 3.06. The van der Waals surface area contributed by atoms with Gasteiger partial charge in [-0.25, -0.2) is 13.4 Å². The minimum Gasteiger partial charge on any atom is -0.452 e. The van der Waals surface area contributed by atoms with Crippen LogP contribution in [-0.4, -0.2) is 48.3 Å². The van der Waals surface area contributed by atoms with Crippen molar-refractivity contribution >= 4 is 26.7 Å². The highest BCUT2D eigenvalue weighted by atomic mass is 32.2. The molecule has 0 aromatic carbocycles. The van der Waals surface area contributed by atoms with Crippen LogP contribution in [0.2, 0.25) is 0 Å². The summed E-state index contributed by atoms with van der Waals surface area (Å²) < 4.78 is 35.6. The molecule has 2 aromatic rings. The van der Waals surface area contributed by atoms with E-state index >= 15 is 0 Å². The molecule has 0 radical (unpaired) electrons. The second-order valence-electron chi connectivity index (χ2n) is 4.80. The molecule has 1 fully saturated rings. The first-order valence-corrected chi connectivity index (χ1v) is 8.87. The average molecular weight is 328 g/mol. The van der Waals surface area contributed by atoms with E-state index in [1.807, 2.05) is 6.92 Å². The van der Waals surface area contributed by atoms with Gasteiger partial charge in [0.1, 0.15) is 5.82 Å².